The van der Waals surface area contributed by atoms with E-state index in [2.05, 4.69) is 4.98 Å². The van der Waals surface area contributed by atoms with Crippen LogP contribution in [0.5, 0.6) is 0 Å². The number of aryl methyl sites for hydroxylation is 1. The molecule has 0 unspecified atom stereocenters. The second-order valence-electron chi connectivity index (χ2n) is 2.82. The van der Waals surface area contributed by atoms with Crippen molar-refractivity contribution in [3.63, 3.8) is 0 Å². The molecule has 6 heteroatoms. The molecule has 78 valence electrons. The van der Waals surface area contributed by atoms with Gasteiger partial charge in [0.2, 0.25) is 0 Å². The Bertz CT molecular complexity index is 325. The van der Waals surface area contributed by atoms with Gasteiger partial charge in [-0.2, -0.15) is 13.2 Å². The van der Waals surface area contributed by atoms with Crippen LogP contribution in [-0.2, 0) is 6.42 Å². The first-order valence-electron chi connectivity index (χ1n) is 3.85. The molecule has 2 nitrogen and oxygen atoms in total. The van der Waals surface area contributed by atoms with E-state index in [0.29, 0.717) is 9.13 Å². The topological polar surface area (TPSA) is 38.9 Å². The molecule has 1 aromatic heterocycles. The van der Waals surface area contributed by atoms with Crippen molar-refractivity contribution >= 4 is 28.4 Å². The Balaban J connectivity index is 2.72. The van der Waals surface area contributed by atoms with Crippen LogP contribution in [0.25, 0.3) is 0 Å². The summed E-state index contributed by atoms with van der Waals surface area (Å²) in [4.78, 5) is 3.77. The Kier molecular flexibility index (Phi) is 3.57. The second-order valence-corrected chi connectivity index (χ2v) is 3.98. The molecule has 14 heavy (non-hydrogen) atoms. The molecule has 0 atom stereocenters. The van der Waals surface area contributed by atoms with Gasteiger partial charge in [-0.15, -0.1) is 0 Å². The molecule has 0 bridgehead atoms. The molecule has 1 aromatic rings. The van der Waals surface area contributed by atoms with Gasteiger partial charge in [0.15, 0.2) is 0 Å². The fraction of sp³-hybridized carbons (Fsp3) is 0.375. The van der Waals surface area contributed by atoms with Crippen LogP contribution in [-0.4, -0.2) is 11.2 Å². The quantitative estimate of drug-likeness (QED) is 0.852. The molecule has 0 aliphatic rings. The van der Waals surface area contributed by atoms with Gasteiger partial charge in [-0.3, -0.25) is 0 Å². The number of nitrogens with two attached hydrogens (primary N) is 1. The largest absolute Gasteiger partial charge is 0.389 e. The summed E-state index contributed by atoms with van der Waals surface area (Å²) in [5.74, 6) is 0.252. The Labute approximate surface area is 92.8 Å². The summed E-state index contributed by atoms with van der Waals surface area (Å²) >= 11 is 1.94. The van der Waals surface area contributed by atoms with Crippen molar-refractivity contribution in [1.29, 1.82) is 0 Å². The summed E-state index contributed by atoms with van der Waals surface area (Å²) in [7, 11) is 0. The van der Waals surface area contributed by atoms with Crippen LogP contribution in [0.3, 0.4) is 0 Å². The molecule has 0 aromatic carbocycles. The van der Waals surface area contributed by atoms with Crippen molar-refractivity contribution in [2.45, 2.75) is 19.0 Å². The molecular formula is C8H8F3IN2. The first-order valence-corrected chi connectivity index (χ1v) is 4.93. The monoisotopic (exact) mass is 316 g/mol. The van der Waals surface area contributed by atoms with Crippen molar-refractivity contribution in [3.05, 3.63) is 21.4 Å². The number of alkyl halides is 3. The third kappa shape index (κ3) is 3.69. The number of pyridine rings is 1. The molecule has 0 aliphatic heterocycles. The van der Waals surface area contributed by atoms with Crippen LogP contribution in [0, 0.1) is 3.57 Å². The highest BCUT2D eigenvalue weighted by Crippen LogP contribution is 2.24. The average molecular weight is 316 g/mol. The zero-order chi connectivity index (χ0) is 10.8. The maximum atomic E-state index is 11.9. The Hall–Kier alpha value is -0.530. The van der Waals surface area contributed by atoms with E-state index in [9.17, 15) is 13.2 Å². The molecule has 0 radical (unpaired) electrons. The minimum atomic E-state index is -4.12. The summed E-state index contributed by atoms with van der Waals surface area (Å²) in [5, 5.41) is 0. The van der Waals surface area contributed by atoms with Gasteiger partial charge in [-0.1, -0.05) is 0 Å². The lowest BCUT2D eigenvalue weighted by Gasteiger charge is -2.07. The van der Waals surface area contributed by atoms with E-state index in [1.807, 2.05) is 22.6 Å². The lowest BCUT2D eigenvalue weighted by atomic mass is 10.1. The normalized spacial score (nSPS) is 11.7. The second kappa shape index (κ2) is 4.33. The van der Waals surface area contributed by atoms with Gasteiger partial charge in [0.1, 0.15) is 5.82 Å². The van der Waals surface area contributed by atoms with Crippen LogP contribution >= 0.6 is 22.6 Å². The molecule has 0 amide bonds. The Morgan fingerprint density at radius 2 is 2.07 bits per heavy atom. The zero-order valence-electron chi connectivity index (χ0n) is 7.11. The van der Waals surface area contributed by atoms with E-state index >= 15 is 0 Å². The van der Waals surface area contributed by atoms with E-state index in [1.54, 1.807) is 0 Å². The van der Waals surface area contributed by atoms with Gasteiger partial charge < -0.3 is 5.73 Å². The van der Waals surface area contributed by atoms with Crippen molar-refractivity contribution in [2.75, 3.05) is 5.73 Å². The highest BCUT2D eigenvalue weighted by molar-refractivity contribution is 14.1. The van der Waals surface area contributed by atoms with E-state index < -0.39 is 12.6 Å². The van der Waals surface area contributed by atoms with Crippen LogP contribution in [0.4, 0.5) is 19.0 Å². The summed E-state index contributed by atoms with van der Waals surface area (Å²) in [6.45, 7) is 0. The number of hydrogen-bond donors (Lipinski definition) is 1. The molecular weight excluding hydrogens is 308 g/mol. The third-order valence-corrected chi connectivity index (χ3v) is 2.60. The van der Waals surface area contributed by atoms with Gasteiger partial charge >= 0.3 is 6.18 Å². The SMILES string of the molecule is Nc1cc(CCC(F)(F)F)c(I)cn1. The third-order valence-electron chi connectivity index (χ3n) is 1.63. The molecule has 0 fully saturated rings. The number of anilines is 1. The minimum absolute atomic E-state index is 0.0471. The van der Waals surface area contributed by atoms with Gasteiger partial charge in [-0.05, 0) is 40.6 Å². The molecule has 0 spiro atoms. The Morgan fingerprint density at radius 3 is 2.64 bits per heavy atom. The standard InChI is InChI=1S/C8H8F3IN2/c9-8(10,11)2-1-5-3-7(13)14-4-6(5)12/h3-4H,1-2H2,(H2,13,14). The van der Waals surface area contributed by atoms with Gasteiger partial charge in [0.25, 0.3) is 0 Å². The molecule has 0 aliphatic carbocycles. The predicted molar refractivity (Wildman–Crippen MR) is 55.7 cm³/mol. The minimum Gasteiger partial charge on any atom is -0.384 e. The summed E-state index contributed by atoms with van der Waals surface area (Å²) in [6, 6.07) is 1.48. The van der Waals surface area contributed by atoms with Crippen molar-refractivity contribution in [1.82, 2.24) is 4.98 Å². The van der Waals surface area contributed by atoms with Crippen molar-refractivity contribution in [3.8, 4) is 0 Å². The number of rotatable bonds is 2. The maximum Gasteiger partial charge on any atom is 0.389 e. The lowest BCUT2D eigenvalue weighted by Crippen LogP contribution is -2.09. The number of hydrogen-bond acceptors (Lipinski definition) is 2. The first-order chi connectivity index (χ1) is 6.38. The molecule has 1 heterocycles. The van der Waals surface area contributed by atoms with Gasteiger partial charge in [0, 0.05) is 16.2 Å². The lowest BCUT2D eigenvalue weighted by molar-refractivity contribution is -0.134. The van der Waals surface area contributed by atoms with Crippen molar-refractivity contribution < 1.29 is 13.2 Å². The fourth-order valence-corrected chi connectivity index (χ4v) is 1.53. The van der Waals surface area contributed by atoms with E-state index in [1.165, 1.54) is 12.3 Å². The molecule has 0 saturated heterocycles. The van der Waals surface area contributed by atoms with E-state index in [4.69, 9.17) is 5.73 Å². The van der Waals surface area contributed by atoms with Crippen LogP contribution < -0.4 is 5.73 Å². The summed E-state index contributed by atoms with van der Waals surface area (Å²) in [5.41, 5.74) is 5.96. The summed E-state index contributed by atoms with van der Waals surface area (Å²) < 4.78 is 36.5. The van der Waals surface area contributed by atoms with E-state index in [-0.39, 0.29) is 12.2 Å². The number of nitrogens with zero attached hydrogens (tertiary/aromatic N) is 1. The van der Waals surface area contributed by atoms with Crippen LogP contribution in [0.1, 0.15) is 12.0 Å². The zero-order valence-corrected chi connectivity index (χ0v) is 9.26. The highest BCUT2D eigenvalue weighted by Gasteiger charge is 2.26. The fourth-order valence-electron chi connectivity index (χ4n) is 0.967. The number of aromatic nitrogens is 1. The van der Waals surface area contributed by atoms with Crippen LogP contribution in [0.15, 0.2) is 12.3 Å². The highest BCUT2D eigenvalue weighted by atomic mass is 127. The molecule has 1 rings (SSSR count). The Morgan fingerprint density at radius 1 is 1.43 bits per heavy atom. The van der Waals surface area contributed by atoms with Crippen molar-refractivity contribution in [2.24, 2.45) is 0 Å². The summed E-state index contributed by atoms with van der Waals surface area (Å²) in [6.07, 6.45) is -3.52. The van der Waals surface area contributed by atoms with Gasteiger partial charge in [0.05, 0.1) is 0 Å². The maximum absolute atomic E-state index is 11.9. The number of nitrogen functional groups attached to an aromatic ring is 1. The van der Waals surface area contributed by atoms with Gasteiger partial charge in [-0.25, -0.2) is 4.98 Å². The smallest absolute Gasteiger partial charge is 0.384 e. The first kappa shape index (κ1) is 11.5. The molecule has 0 saturated carbocycles. The predicted octanol–water partition coefficient (Wildman–Crippen LogP) is 2.76. The van der Waals surface area contributed by atoms with E-state index in [0.717, 1.165) is 0 Å². The van der Waals surface area contributed by atoms with Crippen LogP contribution in [0.2, 0.25) is 0 Å². The number of halogens is 4. The molecule has 2 N–H and O–H groups in total. The average Bonchev–Trinajstić information content (AvgIpc) is 2.05.